The molecule has 0 aliphatic carbocycles. The Morgan fingerprint density at radius 2 is 1.97 bits per heavy atom. The highest BCUT2D eigenvalue weighted by molar-refractivity contribution is 6.01. The molecule has 5 heterocycles. The molecule has 7 nitrogen and oxygen atoms in total. The van der Waals surface area contributed by atoms with Gasteiger partial charge in [-0.2, -0.15) is 0 Å². The summed E-state index contributed by atoms with van der Waals surface area (Å²) in [5.74, 6) is -2.08. The van der Waals surface area contributed by atoms with Gasteiger partial charge in [-0.05, 0) is 31.9 Å². The summed E-state index contributed by atoms with van der Waals surface area (Å²) < 4.78 is 29.3. The van der Waals surface area contributed by atoms with E-state index in [1.807, 2.05) is 12.3 Å². The molecule has 1 amide bonds. The molecule has 3 aromatic rings. The first-order chi connectivity index (χ1) is 15.4. The van der Waals surface area contributed by atoms with Crippen molar-refractivity contribution in [1.82, 2.24) is 29.3 Å². The quantitative estimate of drug-likeness (QED) is 0.651. The van der Waals surface area contributed by atoms with Crippen LogP contribution in [0, 0.1) is 0 Å². The highest BCUT2D eigenvalue weighted by atomic mass is 19.3. The van der Waals surface area contributed by atoms with E-state index in [1.165, 1.54) is 0 Å². The summed E-state index contributed by atoms with van der Waals surface area (Å²) in [6.07, 6.45) is 6.36. The Morgan fingerprint density at radius 1 is 1.22 bits per heavy atom. The molecule has 172 valence electrons. The van der Waals surface area contributed by atoms with Gasteiger partial charge in [-0.15, -0.1) is 0 Å². The molecule has 0 saturated carbocycles. The molecular formula is C23H30F2N6O. The van der Waals surface area contributed by atoms with Crippen LogP contribution in [0.15, 0.2) is 18.5 Å². The van der Waals surface area contributed by atoms with Crippen LogP contribution in [0.4, 0.5) is 8.78 Å². The molecule has 0 aromatic carbocycles. The lowest BCUT2D eigenvalue weighted by Crippen LogP contribution is -2.43. The Bertz CT molecular complexity index is 1100. The van der Waals surface area contributed by atoms with E-state index in [4.69, 9.17) is 4.98 Å². The second kappa shape index (κ2) is 8.42. The van der Waals surface area contributed by atoms with Gasteiger partial charge < -0.3 is 19.4 Å². The van der Waals surface area contributed by atoms with Gasteiger partial charge in [0.2, 0.25) is 5.91 Å². The predicted molar refractivity (Wildman–Crippen MR) is 119 cm³/mol. The van der Waals surface area contributed by atoms with Crippen LogP contribution in [0.2, 0.25) is 0 Å². The van der Waals surface area contributed by atoms with Gasteiger partial charge in [0.05, 0.1) is 18.1 Å². The van der Waals surface area contributed by atoms with Crippen LogP contribution in [0.3, 0.4) is 0 Å². The maximum absolute atomic E-state index is 13.6. The minimum absolute atomic E-state index is 0.102. The lowest BCUT2D eigenvalue weighted by Gasteiger charge is -2.34. The van der Waals surface area contributed by atoms with Gasteiger partial charge in [0.25, 0.3) is 5.92 Å². The maximum atomic E-state index is 13.6. The van der Waals surface area contributed by atoms with Crippen molar-refractivity contribution < 1.29 is 13.6 Å². The molecule has 0 bridgehead atoms. The summed E-state index contributed by atoms with van der Waals surface area (Å²) in [6.45, 7) is 5.55. The van der Waals surface area contributed by atoms with Crippen molar-refractivity contribution in [3.8, 4) is 0 Å². The molecule has 32 heavy (non-hydrogen) atoms. The van der Waals surface area contributed by atoms with Crippen LogP contribution in [-0.2, 0) is 11.2 Å². The Labute approximate surface area is 185 Å². The fourth-order valence-electron chi connectivity index (χ4n) is 5.21. The average molecular weight is 445 g/mol. The minimum atomic E-state index is -2.66. The van der Waals surface area contributed by atoms with Crippen LogP contribution < -0.4 is 0 Å². The molecular weight excluding hydrogens is 414 g/mol. The van der Waals surface area contributed by atoms with Crippen molar-refractivity contribution in [2.24, 2.45) is 0 Å². The van der Waals surface area contributed by atoms with Crippen molar-refractivity contribution in [3.63, 3.8) is 0 Å². The first-order valence-electron chi connectivity index (χ1n) is 11.7. The Morgan fingerprint density at radius 3 is 2.69 bits per heavy atom. The van der Waals surface area contributed by atoms with Crippen molar-refractivity contribution in [2.75, 3.05) is 32.7 Å². The number of alkyl halides is 2. The maximum Gasteiger partial charge on any atom is 0.251 e. The average Bonchev–Trinajstić information content (AvgIpc) is 3.38. The fourth-order valence-corrected chi connectivity index (χ4v) is 5.21. The number of likely N-dealkylation sites (tertiary alicyclic amines) is 2. The molecule has 0 spiro atoms. The van der Waals surface area contributed by atoms with Gasteiger partial charge in [-0.3, -0.25) is 4.79 Å². The number of hydrogen-bond donors (Lipinski definition) is 1. The van der Waals surface area contributed by atoms with E-state index in [1.54, 1.807) is 11.1 Å². The number of nitrogens with one attached hydrogen (secondary N) is 1. The first kappa shape index (κ1) is 21.3. The molecule has 0 radical (unpaired) electrons. The number of piperidine rings is 2. The summed E-state index contributed by atoms with van der Waals surface area (Å²) in [5.41, 5.74) is 2.59. The van der Waals surface area contributed by atoms with Crippen molar-refractivity contribution in [2.45, 2.75) is 57.4 Å². The lowest BCUT2D eigenvalue weighted by molar-refractivity contribution is -0.136. The van der Waals surface area contributed by atoms with Crippen LogP contribution >= 0.6 is 0 Å². The van der Waals surface area contributed by atoms with Crippen molar-refractivity contribution in [3.05, 3.63) is 24.3 Å². The summed E-state index contributed by atoms with van der Waals surface area (Å²) in [7, 11) is 0. The second-order valence-corrected chi connectivity index (χ2v) is 9.12. The number of nitrogens with zero attached hydrogens (tertiary/aromatic N) is 5. The Hall–Kier alpha value is -2.55. The van der Waals surface area contributed by atoms with Gasteiger partial charge in [0.15, 0.2) is 0 Å². The van der Waals surface area contributed by atoms with E-state index in [0.717, 1.165) is 61.0 Å². The van der Waals surface area contributed by atoms with Gasteiger partial charge in [-0.25, -0.2) is 18.7 Å². The number of aromatic amines is 1. The molecule has 2 saturated heterocycles. The number of aromatic nitrogens is 4. The number of imidazole rings is 1. The third-order valence-electron chi connectivity index (χ3n) is 6.93. The monoisotopic (exact) mass is 444 g/mol. The number of hydrogen-bond acceptors (Lipinski definition) is 4. The number of halogens is 2. The zero-order valence-corrected chi connectivity index (χ0v) is 18.5. The van der Waals surface area contributed by atoms with E-state index in [0.29, 0.717) is 5.82 Å². The molecule has 2 aliphatic rings. The van der Waals surface area contributed by atoms with Crippen LogP contribution in [0.1, 0.15) is 50.9 Å². The summed E-state index contributed by atoms with van der Waals surface area (Å²) >= 11 is 0. The largest absolute Gasteiger partial charge is 0.346 e. The van der Waals surface area contributed by atoms with Crippen LogP contribution in [-0.4, -0.2) is 73.9 Å². The third kappa shape index (κ3) is 3.98. The van der Waals surface area contributed by atoms with Crippen molar-refractivity contribution in [1.29, 1.82) is 0 Å². The van der Waals surface area contributed by atoms with Gasteiger partial charge >= 0.3 is 0 Å². The molecule has 0 atom stereocenters. The van der Waals surface area contributed by atoms with E-state index in [-0.39, 0.29) is 44.3 Å². The molecule has 3 aromatic heterocycles. The molecule has 0 unspecified atom stereocenters. The minimum Gasteiger partial charge on any atom is -0.346 e. The van der Waals surface area contributed by atoms with Gasteiger partial charge in [0, 0.05) is 56.6 Å². The highest BCUT2D eigenvalue weighted by Gasteiger charge is 2.36. The van der Waals surface area contributed by atoms with Gasteiger partial charge in [0.1, 0.15) is 17.0 Å². The molecule has 2 fully saturated rings. The number of carbonyl (C=O) groups excluding carboxylic acids is 1. The summed E-state index contributed by atoms with van der Waals surface area (Å²) in [4.78, 5) is 29.5. The Balaban J connectivity index is 1.47. The molecule has 5 rings (SSSR count). The topological polar surface area (TPSA) is 70.1 Å². The van der Waals surface area contributed by atoms with E-state index >= 15 is 0 Å². The SMILES string of the molecule is CCCN1CCC(n2c(CC(=O)N3CCC(F)(F)CC3)nc3cnc4[nH]ccc4c32)CC1. The van der Waals surface area contributed by atoms with E-state index in [2.05, 4.69) is 26.4 Å². The number of rotatable bonds is 5. The number of pyridine rings is 1. The normalized spacial score (nSPS) is 20.4. The fraction of sp³-hybridized carbons (Fsp3) is 0.609. The molecule has 9 heteroatoms. The second-order valence-electron chi connectivity index (χ2n) is 9.12. The van der Waals surface area contributed by atoms with Crippen LogP contribution in [0.25, 0.3) is 22.1 Å². The lowest BCUT2D eigenvalue weighted by atomic mass is 10.0. The van der Waals surface area contributed by atoms with Crippen molar-refractivity contribution >= 4 is 28.0 Å². The zero-order valence-electron chi connectivity index (χ0n) is 18.5. The number of amides is 1. The molecule has 2 aliphatic heterocycles. The van der Waals surface area contributed by atoms with E-state index < -0.39 is 5.92 Å². The third-order valence-corrected chi connectivity index (χ3v) is 6.93. The summed E-state index contributed by atoms with van der Waals surface area (Å²) in [5, 5.41) is 1.00. The standard InChI is InChI=1S/C23H30F2N6O/c1-2-9-29-10-4-16(5-11-29)31-19(14-20(32)30-12-6-23(24,25)7-13-30)28-18-15-27-22-17(21(18)31)3-8-26-22/h3,8,15-16H,2,4-7,9-14H2,1H3,(H,26,27). The van der Waals surface area contributed by atoms with E-state index in [9.17, 15) is 13.6 Å². The highest BCUT2D eigenvalue weighted by Crippen LogP contribution is 2.33. The molecule has 1 N–H and O–H groups in total. The predicted octanol–water partition coefficient (Wildman–Crippen LogP) is 3.76. The van der Waals surface area contributed by atoms with Gasteiger partial charge in [-0.1, -0.05) is 6.92 Å². The number of H-pyrrole nitrogens is 1. The number of carbonyl (C=O) groups is 1. The van der Waals surface area contributed by atoms with Crippen LogP contribution in [0.5, 0.6) is 0 Å². The Kier molecular flexibility index (Phi) is 5.61. The zero-order chi connectivity index (χ0) is 22.3. The smallest absolute Gasteiger partial charge is 0.251 e. The summed E-state index contributed by atoms with van der Waals surface area (Å²) in [6, 6.07) is 2.26. The first-order valence-corrected chi connectivity index (χ1v) is 11.7. The number of fused-ring (bicyclic) bond motifs is 3.